The van der Waals surface area contributed by atoms with E-state index in [-0.39, 0.29) is 10.8 Å². The fraction of sp³-hybridized carbons (Fsp3) is 0.316. The molecule has 0 bridgehead atoms. The zero-order chi connectivity index (χ0) is 18.7. The number of carbonyl (C=O) groups is 1. The van der Waals surface area contributed by atoms with Crippen LogP contribution in [0.2, 0.25) is 5.02 Å². The van der Waals surface area contributed by atoms with Gasteiger partial charge in [0.1, 0.15) is 4.75 Å². The normalized spacial score (nSPS) is 13.3. The summed E-state index contributed by atoms with van der Waals surface area (Å²) in [7, 11) is -3.84. The van der Waals surface area contributed by atoms with Gasteiger partial charge < -0.3 is 5.32 Å². The first-order valence-corrected chi connectivity index (χ1v) is 9.86. The molecule has 25 heavy (non-hydrogen) atoms. The molecule has 0 aliphatic carbocycles. The summed E-state index contributed by atoms with van der Waals surface area (Å²) in [5.74, 6) is -0.440. The molecule has 0 radical (unpaired) electrons. The van der Waals surface area contributed by atoms with Gasteiger partial charge in [-0.15, -0.1) is 0 Å². The maximum absolute atomic E-state index is 12.8. The first-order valence-electron chi connectivity index (χ1n) is 7.99. The Hall–Kier alpha value is -1.85. The molecule has 1 unspecified atom stereocenters. The molecule has 0 saturated heterocycles. The minimum absolute atomic E-state index is 0.0770. The van der Waals surface area contributed by atoms with Crippen LogP contribution in [0, 0.1) is 0 Å². The number of rotatable bonds is 6. The fourth-order valence-electron chi connectivity index (χ4n) is 2.39. The second-order valence-electron chi connectivity index (χ2n) is 6.49. The summed E-state index contributed by atoms with van der Waals surface area (Å²) in [6.45, 7) is 5.18. The third-order valence-electron chi connectivity index (χ3n) is 4.28. The van der Waals surface area contributed by atoms with Gasteiger partial charge in [-0.3, -0.25) is 4.79 Å². The monoisotopic (exact) mass is 379 g/mol. The summed E-state index contributed by atoms with van der Waals surface area (Å²) < 4.78 is 24.0. The van der Waals surface area contributed by atoms with Crippen molar-refractivity contribution in [1.82, 2.24) is 5.32 Å². The van der Waals surface area contributed by atoms with Crippen molar-refractivity contribution in [2.75, 3.05) is 6.54 Å². The van der Waals surface area contributed by atoms with Crippen LogP contribution in [0.4, 0.5) is 0 Å². The lowest BCUT2D eigenvalue weighted by molar-refractivity contribution is -0.122. The number of carbonyl (C=O) groups excluding carboxylic acids is 1. The molecule has 1 amide bonds. The second kappa shape index (κ2) is 7.58. The van der Waals surface area contributed by atoms with Gasteiger partial charge in [0, 0.05) is 11.6 Å². The summed E-state index contributed by atoms with van der Waals surface area (Å²) in [5.41, 5.74) is 1.08. The van der Waals surface area contributed by atoms with Gasteiger partial charge in [-0.2, -0.15) is 0 Å². The Morgan fingerprint density at radius 1 is 1.08 bits per heavy atom. The Balaban J connectivity index is 2.12. The van der Waals surface area contributed by atoms with Crippen LogP contribution in [0.5, 0.6) is 0 Å². The highest BCUT2D eigenvalue weighted by atomic mass is 35.5. The Morgan fingerprint density at radius 2 is 1.64 bits per heavy atom. The molecule has 0 aliphatic heterocycles. The quantitative estimate of drug-likeness (QED) is 0.829. The molecule has 2 aromatic carbocycles. The Bertz CT molecular complexity index is 831. The van der Waals surface area contributed by atoms with Crippen LogP contribution >= 0.6 is 11.6 Å². The van der Waals surface area contributed by atoms with Crippen LogP contribution in [0.3, 0.4) is 0 Å². The van der Waals surface area contributed by atoms with Gasteiger partial charge >= 0.3 is 0 Å². The summed E-state index contributed by atoms with van der Waals surface area (Å²) >= 11 is 5.81. The average molecular weight is 380 g/mol. The predicted molar refractivity (Wildman–Crippen MR) is 101 cm³/mol. The number of halogens is 1. The minimum atomic E-state index is -3.84. The molecule has 1 N–H and O–H groups in total. The molecule has 0 aliphatic rings. The van der Waals surface area contributed by atoms with Gasteiger partial charge in [-0.1, -0.05) is 48.9 Å². The first kappa shape index (κ1) is 19.5. The van der Waals surface area contributed by atoms with Crippen molar-refractivity contribution in [1.29, 1.82) is 0 Å². The molecular formula is C19H22ClNO3S. The van der Waals surface area contributed by atoms with Gasteiger partial charge in [0.25, 0.3) is 0 Å². The molecule has 1 atom stereocenters. The van der Waals surface area contributed by atoms with E-state index in [0.29, 0.717) is 11.6 Å². The van der Waals surface area contributed by atoms with Crippen LogP contribution in [-0.2, 0) is 14.6 Å². The smallest absolute Gasteiger partial charge is 0.241 e. The SMILES string of the molecule is CC(CNC(=O)C(C)(C)S(=O)(=O)c1ccc(Cl)cc1)c1ccccc1. The lowest BCUT2D eigenvalue weighted by Gasteiger charge is -2.25. The molecule has 0 aromatic heterocycles. The minimum Gasteiger partial charge on any atom is -0.354 e. The fourth-order valence-corrected chi connectivity index (χ4v) is 3.91. The Kier molecular flexibility index (Phi) is 5.91. The number of sulfone groups is 1. The molecule has 2 rings (SSSR count). The molecule has 2 aromatic rings. The molecule has 134 valence electrons. The first-order chi connectivity index (χ1) is 11.7. The van der Waals surface area contributed by atoms with Crippen molar-refractivity contribution in [3.05, 3.63) is 65.2 Å². The van der Waals surface area contributed by atoms with Gasteiger partial charge in [0.2, 0.25) is 5.91 Å². The van der Waals surface area contributed by atoms with Crippen LogP contribution in [0.15, 0.2) is 59.5 Å². The van der Waals surface area contributed by atoms with Crippen molar-refractivity contribution in [3.8, 4) is 0 Å². The summed E-state index contributed by atoms with van der Waals surface area (Å²) in [5, 5.41) is 3.21. The molecule has 4 nitrogen and oxygen atoms in total. The highest BCUT2D eigenvalue weighted by Crippen LogP contribution is 2.27. The number of amides is 1. The molecule has 6 heteroatoms. The largest absolute Gasteiger partial charge is 0.354 e. The second-order valence-corrected chi connectivity index (χ2v) is 9.42. The van der Waals surface area contributed by atoms with E-state index >= 15 is 0 Å². The zero-order valence-electron chi connectivity index (χ0n) is 14.5. The van der Waals surface area contributed by atoms with Crippen LogP contribution in [0.1, 0.15) is 32.3 Å². The number of hydrogen-bond acceptors (Lipinski definition) is 3. The number of benzene rings is 2. The van der Waals surface area contributed by atoms with E-state index in [9.17, 15) is 13.2 Å². The maximum atomic E-state index is 12.8. The van der Waals surface area contributed by atoms with E-state index in [1.54, 1.807) is 0 Å². The Labute approximate surface area is 154 Å². The third-order valence-corrected chi connectivity index (χ3v) is 6.95. The maximum Gasteiger partial charge on any atom is 0.241 e. The summed E-state index contributed by atoms with van der Waals surface area (Å²) in [6.07, 6.45) is 0. The van der Waals surface area contributed by atoms with Gasteiger partial charge in [0.05, 0.1) is 4.90 Å². The van der Waals surface area contributed by atoms with Crippen molar-refractivity contribution in [2.45, 2.75) is 36.3 Å². The van der Waals surface area contributed by atoms with Crippen LogP contribution in [-0.4, -0.2) is 25.6 Å². The van der Waals surface area contributed by atoms with Gasteiger partial charge in [-0.25, -0.2) is 8.42 Å². The van der Waals surface area contributed by atoms with Crippen molar-refractivity contribution in [3.63, 3.8) is 0 Å². The molecule has 0 spiro atoms. The van der Waals surface area contributed by atoms with Crippen molar-refractivity contribution in [2.24, 2.45) is 0 Å². The molecule has 0 fully saturated rings. The van der Waals surface area contributed by atoms with E-state index in [1.165, 1.54) is 38.1 Å². The number of hydrogen-bond donors (Lipinski definition) is 1. The molecule has 0 saturated carbocycles. The average Bonchev–Trinajstić information content (AvgIpc) is 2.60. The zero-order valence-corrected chi connectivity index (χ0v) is 16.1. The summed E-state index contributed by atoms with van der Waals surface area (Å²) in [4.78, 5) is 12.6. The highest BCUT2D eigenvalue weighted by molar-refractivity contribution is 7.93. The predicted octanol–water partition coefficient (Wildman–Crippen LogP) is 3.81. The van der Waals surface area contributed by atoms with Crippen LogP contribution < -0.4 is 5.32 Å². The lowest BCUT2D eigenvalue weighted by Crippen LogP contribution is -2.48. The van der Waals surface area contributed by atoms with E-state index in [2.05, 4.69) is 5.32 Å². The van der Waals surface area contributed by atoms with Gasteiger partial charge in [-0.05, 0) is 49.6 Å². The molecule has 0 heterocycles. The van der Waals surface area contributed by atoms with E-state index < -0.39 is 20.5 Å². The highest BCUT2D eigenvalue weighted by Gasteiger charge is 2.42. The van der Waals surface area contributed by atoms with Crippen molar-refractivity contribution < 1.29 is 13.2 Å². The van der Waals surface area contributed by atoms with E-state index in [4.69, 9.17) is 11.6 Å². The molecular weight excluding hydrogens is 358 g/mol. The lowest BCUT2D eigenvalue weighted by atomic mass is 10.0. The Morgan fingerprint density at radius 3 is 2.20 bits per heavy atom. The van der Waals surface area contributed by atoms with E-state index in [0.717, 1.165) is 5.56 Å². The van der Waals surface area contributed by atoms with Crippen LogP contribution in [0.25, 0.3) is 0 Å². The topological polar surface area (TPSA) is 63.2 Å². The van der Waals surface area contributed by atoms with Crippen molar-refractivity contribution >= 4 is 27.3 Å². The van der Waals surface area contributed by atoms with E-state index in [1.807, 2.05) is 37.3 Å². The number of nitrogens with one attached hydrogen (secondary N) is 1. The van der Waals surface area contributed by atoms with Gasteiger partial charge in [0.15, 0.2) is 9.84 Å². The summed E-state index contributed by atoms with van der Waals surface area (Å²) in [6, 6.07) is 15.6. The third kappa shape index (κ3) is 4.22. The standard InChI is InChI=1S/C19H22ClNO3S/c1-14(15-7-5-4-6-8-15)13-21-18(22)19(2,3)25(23,24)17-11-9-16(20)10-12-17/h4-12,14H,13H2,1-3H3,(H,21,22).